The number of carbonyl (C=O) groups excluding carboxylic acids is 3. The zero-order valence-electron chi connectivity index (χ0n) is 16.5. The maximum atomic E-state index is 12.6. The lowest BCUT2D eigenvalue weighted by atomic mass is 10.1. The van der Waals surface area contributed by atoms with Crippen LogP contribution < -0.4 is 11.1 Å². The number of ether oxygens (including phenoxy) is 1. The number of hydrogen-bond acceptors (Lipinski definition) is 7. The van der Waals surface area contributed by atoms with Crippen LogP contribution in [0.3, 0.4) is 0 Å². The second-order valence-corrected chi connectivity index (χ2v) is 7.67. The Morgan fingerprint density at radius 3 is 2.62 bits per heavy atom. The van der Waals surface area contributed by atoms with Crippen molar-refractivity contribution < 1.29 is 23.5 Å². The molecule has 0 aliphatic carbocycles. The van der Waals surface area contributed by atoms with Crippen molar-refractivity contribution in [2.75, 3.05) is 11.9 Å². The summed E-state index contributed by atoms with van der Waals surface area (Å²) in [6.45, 7) is 6.67. The van der Waals surface area contributed by atoms with Gasteiger partial charge in [0.1, 0.15) is 11.5 Å². The number of hydrogen-bond donors (Lipinski definition) is 1. The van der Waals surface area contributed by atoms with E-state index in [1.807, 2.05) is 6.92 Å². The minimum Gasteiger partial charge on any atom is -0.462 e. The zero-order valence-corrected chi connectivity index (χ0v) is 17.3. The van der Waals surface area contributed by atoms with Gasteiger partial charge in [0.05, 0.1) is 17.7 Å². The molecule has 0 aliphatic heterocycles. The van der Waals surface area contributed by atoms with E-state index in [1.165, 1.54) is 28.9 Å². The van der Waals surface area contributed by atoms with Crippen LogP contribution in [0.2, 0.25) is 0 Å². The van der Waals surface area contributed by atoms with Crippen LogP contribution in [0.1, 0.15) is 45.0 Å². The molecule has 0 unspecified atom stereocenters. The fourth-order valence-electron chi connectivity index (χ4n) is 2.91. The van der Waals surface area contributed by atoms with Crippen molar-refractivity contribution in [3.05, 3.63) is 50.3 Å². The Kier molecular flexibility index (Phi) is 5.69. The van der Waals surface area contributed by atoms with Crippen LogP contribution in [0.4, 0.5) is 5.00 Å². The van der Waals surface area contributed by atoms with Crippen LogP contribution in [0.5, 0.6) is 0 Å². The molecular weight excluding hydrogens is 396 g/mol. The van der Waals surface area contributed by atoms with Gasteiger partial charge in [-0.15, -0.1) is 11.3 Å². The average molecular weight is 416 g/mol. The molecule has 0 fully saturated rings. The van der Waals surface area contributed by atoms with Gasteiger partial charge < -0.3 is 14.5 Å². The van der Waals surface area contributed by atoms with Gasteiger partial charge in [-0.05, 0) is 51.5 Å². The zero-order chi connectivity index (χ0) is 21.3. The molecule has 1 amide bonds. The monoisotopic (exact) mass is 416 g/mol. The first-order valence-electron chi connectivity index (χ1n) is 8.94. The summed E-state index contributed by atoms with van der Waals surface area (Å²) in [6.07, 6.45) is 0. The number of fused-ring (bicyclic) bond motifs is 1. The average Bonchev–Trinajstić information content (AvgIpc) is 3.10. The summed E-state index contributed by atoms with van der Waals surface area (Å²) >= 11 is 1.27. The predicted molar refractivity (Wildman–Crippen MR) is 109 cm³/mol. The van der Waals surface area contributed by atoms with E-state index < -0.39 is 17.6 Å². The van der Waals surface area contributed by atoms with Crippen LogP contribution in [-0.4, -0.2) is 28.8 Å². The second-order valence-electron chi connectivity index (χ2n) is 6.45. The molecule has 1 N–H and O–H groups in total. The lowest BCUT2D eigenvalue weighted by Gasteiger charge is -2.07. The Hall–Kier alpha value is -3.20. The molecular formula is C20H20N2O6S. The van der Waals surface area contributed by atoms with Crippen molar-refractivity contribution in [2.45, 2.75) is 34.2 Å². The maximum absolute atomic E-state index is 12.6. The number of rotatable bonds is 6. The standard InChI is InChI=1S/C20H20N2O6S/c1-5-27-19(25)17-10(2)12(4)29-18(17)21-16(24)9-22-14-7-6-13(11(3)23)8-15(14)28-20(22)26/h6-8H,5,9H2,1-4H3,(H,21,24). The normalized spacial score (nSPS) is 10.9. The van der Waals surface area contributed by atoms with E-state index in [0.717, 1.165) is 10.4 Å². The Balaban J connectivity index is 1.88. The minimum absolute atomic E-state index is 0.157. The molecule has 1 aromatic carbocycles. The van der Waals surface area contributed by atoms with Crippen molar-refractivity contribution in [2.24, 2.45) is 0 Å². The van der Waals surface area contributed by atoms with E-state index in [2.05, 4.69) is 5.32 Å². The molecule has 0 aliphatic rings. The van der Waals surface area contributed by atoms with Crippen molar-refractivity contribution in [3.63, 3.8) is 0 Å². The lowest BCUT2D eigenvalue weighted by molar-refractivity contribution is -0.116. The highest BCUT2D eigenvalue weighted by molar-refractivity contribution is 7.16. The summed E-state index contributed by atoms with van der Waals surface area (Å²) in [5.74, 6) is -1.86. The number of anilines is 1. The number of amides is 1. The van der Waals surface area contributed by atoms with Crippen LogP contribution >= 0.6 is 11.3 Å². The molecule has 0 bridgehead atoms. The van der Waals surface area contributed by atoms with E-state index in [9.17, 15) is 19.2 Å². The fraction of sp³-hybridized carbons (Fsp3) is 0.300. The number of aryl methyl sites for hydroxylation is 1. The third-order valence-electron chi connectivity index (χ3n) is 4.49. The molecule has 0 radical (unpaired) electrons. The molecule has 0 atom stereocenters. The quantitative estimate of drug-likeness (QED) is 0.488. The number of aromatic nitrogens is 1. The third kappa shape index (κ3) is 4.00. The number of nitrogens with zero attached hydrogens (tertiary/aromatic N) is 1. The van der Waals surface area contributed by atoms with E-state index >= 15 is 0 Å². The Morgan fingerprint density at radius 1 is 1.24 bits per heavy atom. The van der Waals surface area contributed by atoms with Gasteiger partial charge in [0.2, 0.25) is 5.91 Å². The molecule has 8 nitrogen and oxygen atoms in total. The highest BCUT2D eigenvalue weighted by Gasteiger charge is 2.23. The molecule has 9 heteroatoms. The van der Waals surface area contributed by atoms with Crippen molar-refractivity contribution >= 4 is 45.1 Å². The smallest absolute Gasteiger partial charge is 0.420 e. The van der Waals surface area contributed by atoms with Crippen molar-refractivity contribution in [1.29, 1.82) is 0 Å². The lowest BCUT2D eigenvalue weighted by Crippen LogP contribution is -2.25. The number of esters is 1. The highest BCUT2D eigenvalue weighted by atomic mass is 32.1. The summed E-state index contributed by atoms with van der Waals surface area (Å²) in [5, 5.41) is 3.07. The molecule has 0 spiro atoms. The summed E-state index contributed by atoms with van der Waals surface area (Å²) in [4.78, 5) is 49.4. The number of nitrogens with one attached hydrogen (secondary N) is 1. The summed E-state index contributed by atoms with van der Waals surface area (Å²) in [5.41, 5.74) is 2.10. The van der Waals surface area contributed by atoms with Gasteiger partial charge in [0.25, 0.3) is 0 Å². The van der Waals surface area contributed by atoms with Crippen LogP contribution in [0.25, 0.3) is 11.1 Å². The SMILES string of the molecule is CCOC(=O)c1c(NC(=O)Cn2c(=O)oc3cc(C(C)=O)ccc32)sc(C)c1C. The topological polar surface area (TPSA) is 108 Å². The van der Waals surface area contributed by atoms with E-state index in [1.54, 1.807) is 26.0 Å². The minimum atomic E-state index is -0.708. The number of oxazole rings is 1. The predicted octanol–water partition coefficient (Wildman–Crippen LogP) is 3.29. The number of benzene rings is 1. The molecule has 152 valence electrons. The van der Waals surface area contributed by atoms with Gasteiger partial charge in [-0.2, -0.15) is 0 Å². The first-order chi connectivity index (χ1) is 13.7. The van der Waals surface area contributed by atoms with Crippen molar-refractivity contribution in [3.8, 4) is 0 Å². The van der Waals surface area contributed by atoms with E-state index in [4.69, 9.17) is 9.15 Å². The third-order valence-corrected chi connectivity index (χ3v) is 5.62. The van der Waals surface area contributed by atoms with E-state index in [-0.39, 0.29) is 24.5 Å². The number of Topliss-reactive ketones (excluding diaryl/α,β-unsaturated/α-hetero) is 1. The Morgan fingerprint density at radius 2 is 1.97 bits per heavy atom. The van der Waals surface area contributed by atoms with Gasteiger partial charge in [-0.3, -0.25) is 14.2 Å². The molecule has 29 heavy (non-hydrogen) atoms. The van der Waals surface area contributed by atoms with Gasteiger partial charge in [-0.1, -0.05) is 0 Å². The molecule has 3 rings (SSSR count). The van der Waals surface area contributed by atoms with Crippen LogP contribution in [0.15, 0.2) is 27.4 Å². The number of carbonyl (C=O) groups is 3. The molecule has 2 heterocycles. The Labute approximate surface area is 170 Å². The Bertz CT molecular complexity index is 1180. The van der Waals surface area contributed by atoms with Crippen LogP contribution in [0, 0.1) is 13.8 Å². The van der Waals surface area contributed by atoms with Gasteiger partial charge in [0.15, 0.2) is 11.4 Å². The first-order valence-corrected chi connectivity index (χ1v) is 9.75. The second kappa shape index (κ2) is 8.04. The molecule has 0 saturated carbocycles. The first kappa shape index (κ1) is 20.5. The molecule has 0 saturated heterocycles. The maximum Gasteiger partial charge on any atom is 0.420 e. The largest absolute Gasteiger partial charge is 0.462 e. The van der Waals surface area contributed by atoms with E-state index in [0.29, 0.717) is 21.6 Å². The van der Waals surface area contributed by atoms with Crippen LogP contribution in [-0.2, 0) is 16.1 Å². The number of thiophene rings is 1. The van der Waals surface area contributed by atoms with Gasteiger partial charge in [0, 0.05) is 10.4 Å². The summed E-state index contributed by atoms with van der Waals surface area (Å²) in [6, 6.07) is 4.60. The van der Waals surface area contributed by atoms with Gasteiger partial charge in [-0.25, -0.2) is 9.59 Å². The fourth-order valence-corrected chi connectivity index (χ4v) is 3.97. The summed E-state index contributed by atoms with van der Waals surface area (Å²) in [7, 11) is 0. The number of ketones is 1. The van der Waals surface area contributed by atoms with Crippen molar-refractivity contribution in [1.82, 2.24) is 4.57 Å². The van der Waals surface area contributed by atoms with Gasteiger partial charge >= 0.3 is 11.7 Å². The molecule has 3 aromatic rings. The summed E-state index contributed by atoms with van der Waals surface area (Å²) < 4.78 is 11.4. The highest BCUT2D eigenvalue weighted by Crippen LogP contribution is 2.33. The molecule has 2 aromatic heterocycles.